The Morgan fingerprint density at radius 2 is 2.24 bits per heavy atom. The second-order valence-electron chi connectivity index (χ2n) is 7.23. The molecule has 29 heavy (non-hydrogen) atoms. The van der Waals surface area contributed by atoms with Gasteiger partial charge in [-0.05, 0) is 25.5 Å². The molecular formula is C21H29N5O3. The molecule has 8 nitrogen and oxygen atoms in total. The number of hydrogen-bond acceptors (Lipinski definition) is 6. The second-order valence-corrected chi connectivity index (χ2v) is 7.23. The molecule has 1 aromatic heterocycles. The van der Waals surface area contributed by atoms with E-state index < -0.39 is 0 Å². The smallest absolute Gasteiger partial charge is 0.275 e. The van der Waals surface area contributed by atoms with Gasteiger partial charge in [0.1, 0.15) is 5.75 Å². The molecule has 1 aromatic carbocycles. The van der Waals surface area contributed by atoms with Crippen molar-refractivity contribution in [1.29, 1.82) is 0 Å². The van der Waals surface area contributed by atoms with Crippen molar-refractivity contribution in [2.75, 3.05) is 46.9 Å². The Morgan fingerprint density at radius 3 is 3.03 bits per heavy atom. The highest BCUT2D eigenvalue weighted by Crippen LogP contribution is 2.22. The number of rotatable bonds is 8. The van der Waals surface area contributed by atoms with Crippen LogP contribution in [0.25, 0.3) is 6.08 Å². The first-order chi connectivity index (χ1) is 14.1. The van der Waals surface area contributed by atoms with Crippen LogP contribution in [0, 0.1) is 0 Å². The number of nitrogens with zero attached hydrogens (tertiary/aromatic N) is 5. The minimum Gasteiger partial charge on any atom is -0.496 e. The summed E-state index contributed by atoms with van der Waals surface area (Å²) in [5, 5.41) is 17.2. The van der Waals surface area contributed by atoms with Crippen LogP contribution in [0.4, 0.5) is 0 Å². The largest absolute Gasteiger partial charge is 0.496 e. The van der Waals surface area contributed by atoms with Gasteiger partial charge >= 0.3 is 0 Å². The lowest BCUT2D eigenvalue weighted by Gasteiger charge is -2.31. The van der Waals surface area contributed by atoms with Gasteiger partial charge in [-0.3, -0.25) is 9.69 Å². The van der Waals surface area contributed by atoms with E-state index >= 15 is 0 Å². The average Bonchev–Trinajstić information content (AvgIpc) is 3.24. The van der Waals surface area contributed by atoms with E-state index in [0.717, 1.165) is 43.8 Å². The van der Waals surface area contributed by atoms with E-state index in [4.69, 9.17) is 9.84 Å². The Hall–Kier alpha value is -2.71. The van der Waals surface area contributed by atoms with Gasteiger partial charge in [0.15, 0.2) is 5.69 Å². The lowest BCUT2D eigenvalue weighted by molar-refractivity contribution is 0.0761. The molecule has 1 atom stereocenters. The van der Waals surface area contributed by atoms with Gasteiger partial charge in [0.05, 0.1) is 26.0 Å². The van der Waals surface area contributed by atoms with E-state index in [0.29, 0.717) is 5.69 Å². The zero-order valence-corrected chi connectivity index (χ0v) is 17.1. The molecule has 2 heterocycles. The molecule has 1 amide bonds. The van der Waals surface area contributed by atoms with Crippen LogP contribution >= 0.6 is 0 Å². The second kappa shape index (κ2) is 10.2. The van der Waals surface area contributed by atoms with Gasteiger partial charge in [-0.2, -0.15) is 0 Å². The normalized spacial score (nSPS) is 17.6. The van der Waals surface area contributed by atoms with Crippen LogP contribution in [-0.2, 0) is 0 Å². The molecule has 3 rings (SSSR count). The lowest BCUT2D eigenvalue weighted by Crippen LogP contribution is -2.36. The summed E-state index contributed by atoms with van der Waals surface area (Å²) in [7, 11) is 3.33. The number of carbonyl (C=O) groups is 1. The third-order valence-electron chi connectivity index (χ3n) is 5.17. The van der Waals surface area contributed by atoms with E-state index in [1.54, 1.807) is 25.0 Å². The number of ether oxygens (including phenoxy) is 1. The molecule has 1 fully saturated rings. The molecule has 1 N–H and O–H groups in total. The first kappa shape index (κ1) is 21.0. The average molecular weight is 399 g/mol. The van der Waals surface area contributed by atoms with Crippen molar-refractivity contribution in [3.63, 3.8) is 0 Å². The van der Waals surface area contributed by atoms with E-state index in [2.05, 4.69) is 27.4 Å². The van der Waals surface area contributed by atoms with Gasteiger partial charge in [-0.15, -0.1) is 5.10 Å². The van der Waals surface area contributed by atoms with Crippen molar-refractivity contribution < 1.29 is 14.6 Å². The van der Waals surface area contributed by atoms with Crippen LogP contribution in [0.15, 0.2) is 36.5 Å². The summed E-state index contributed by atoms with van der Waals surface area (Å²) >= 11 is 0. The van der Waals surface area contributed by atoms with Crippen LogP contribution in [0.5, 0.6) is 5.75 Å². The number of aliphatic hydroxyl groups excluding tert-OH is 1. The molecule has 0 spiro atoms. The topological polar surface area (TPSA) is 83.7 Å². The highest BCUT2D eigenvalue weighted by Gasteiger charge is 2.23. The molecule has 0 saturated carbocycles. The molecule has 0 radical (unpaired) electrons. The summed E-state index contributed by atoms with van der Waals surface area (Å²) in [5.41, 5.74) is 1.38. The van der Waals surface area contributed by atoms with E-state index in [9.17, 15) is 4.79 Å². The zero-order valence-electron chi connectivity index (χ0n) is 17.1. The Kier molecular flexibility index (Phi) is 7.37. The lowest BCUT2D eigenvalue weighted by atomic mass is 10.1. The summed E-state index contributed by atoms with van der Waals surface area (Å²) in [6.07, 6.45) is 8.04. The van der Waals surface area contributed by atoms with Crippen molar-refractivity contribution in [3.8, 4) is 5.75 Å². The summed E-state index contributed by atoms with van der Waals surface area (Å²) in [4.78, 5) is 16.1. The predicted molar refractivity (Wildman–Crippen MR) is 111 cm³/mol. The van der Waals surface area contributed by atoms with E-state index in [1.807, 2.05) is 24.3 Å². The van der Waals surface area contributed by atoms with Crippen molar-refractivity contribution in [2.24, 2.45) is 0 Å². The molecule has 0 unspecified atom stereocenters. The Morgan fingerprint density at radius 1 is 1.41 bits per heavy atom. The van der Waals surface area contributed by atoms with Gasteiger partial charge < -0.3 is 14.7 Å². The number of para-hydroxylation sites is 1. The fourth-order valence-corrected chi connectivity index (χ4v) is 3.55. The number of amides is 1. The van der Waals surface area contributed by atoms with Gasteiger partial charge in [0.2, 0.25) is 0 Å². The number of methoxy groups -OCH3 is 1. The summed E-state index contributed by atoms with van der Waals surface area (Å²) in [5.74, 6) is 0.643. The van der Waals surface area contributed by atoms with Crippen LogP contribution < -0.4 is 4.74 Å². The fraction of sp³-hybridized carbons (Fsp3) is 0.476. The maximum atomic E-state index is 12.3. The summed E-state index contributed by atoms with van der Waals surface area (Å²) in [6, 6.07) is 8.15. The monoisotopic (exact) mass is 399 g/mol. The van der Waals surface area contributed by atoms with Gasteiger partial charge in [-0.25, -0.2) is 4.68 Å². The molecule has 1 aliphatic rings. The number of aliphatic hydroxyl groups is 1. The molecule has 0 aliphatic carbocycles. The zero-order chi connectivity index (χ0) is 20.6. The van der Waals surface area contributed by atoms with Crippen LogP contribution in [0.1, 0.15) is 34.9 Å². The summed E-state index contributed by atoms with van der Waals surface area (Å²) in [6.45, 7) is 2.94. The highest BCUT2D eigenvalue weighted by molar-refractivity contribution is 5.91. The van der Waals surface area contributed by atoms with E-state index in [1.165, 1.54) is 4.90 Å². The maximum absolute atomic E-state index is 12.3. The molecule has 156 valence electrons. The molecule has 1 saturated heterocycles. The highest BCUT2D eigenvalue weighted by atomic mass is 16.5. The maximum Gasteiger partial charge on any atom is 0.275 e. The number of hydrogen-bond donors (Lipinski definition) is 1. The van der Waals surface area contributed by atoms with Crippen molar-refractivity contribution in [1.82, 2.24) is 24.8 Å². The number of likely N-dealkylation sites (N-methyl/N-ethyl adjacent to an activating group) is 1. The van der Waals surface area contributed by atoms with Crippen LogP contribution in [-0.4, -0.2) is 82.8 Å². The summed E-state index contributed by atoms with van der Waals surface area (Å²) < 4.78 is 7.19. The SMILES string of the molecule is COc1ccccc1/C=C/CN1CCC[C@@H](n2cc(C(=O)N(C)CCO)nn2)C1. The van der Waals surface area contributed by atoms with Crippen molar-refractivity contribution in [2.45, 2.75) is 18.9 Å². The van der Waals surface area contributed by atoms with E-state index in [-0.39, 0.29) is 25.1 Å². The Bertz CT molecular complexity index is 835. The first-order valence-corrected chi connectivity index (χ1v) is 9.92. The first-order valence-electron chi connectivity index (χ1n) is 9.92. The van der Waals surface area contributed by atoms with Crippen molar-refractivity contribution in [3.05, 3.63) is 47.8 Å². The number of piperidine rings is 1. The molecule has 0 bridgehead atoms. The van der Waals surface area contributed by atoms with Gasteiger partial charge in [-0.1, -0.05) is 35.6 Å². The Labute approximate surface area is 171 Å². The molecule has 1 aliphatic heterocycles. The third kappa shape index (κ3) is 5.42. The molecule has 2 aromatic rings. The van der Waals surface area contributed by atoms with Gasteiger partial charge in [0.25, 0.3) is 5.91 Å². The third-order valence-corrected chi connectivity index (χ3v) is 5.17. The van der Waals surface area contributed by atoms with Crippen LogP contribution in [0.3, 0.4) is 0 Å². The number of likely N-dealkylation sites (tertiary alicyclic amines) is 1. The Balaban J connectivity index is 1.58. The minimum atomic E-state index is -0.224. The number of carbonyl (C=O) groups excluding carboxylic acids is 1. The number of benzene rings is 1. The standard InChI is InChI=1S/C21H29N5O3/c1-24(13-14-27)21(28)19-16-26(23-22-19)18-9-6-12-25(15-18)11-5-8-17-7-3-4-10-20(17)29-2/h3-5,7-8,10,16,18,27H,6,9,11-15H2,1-2H3/b8-5+/t18-/m1/s1. The molecular weight excluding hydrogens is 370 g/mol. The number of aromatic nitrogens is 3. The quantitative estimate of drug-likeness (QED) is 0.727. The minimum absolute atomic E-state index is 0.0731. The van der Waals surface area contributed by atoms with Crippen LogP contribution in [0.2, 0.25) is 0 Å². The fourth-order valence-electron chi connectivity index (χ4n) is 3.55. The molecule has 8 heteroatoms. The van der Waals surface area contributed by atoms with Crippen molar-refractivity contribution >= 4 is 12.0 Å². The predicted octanol–water partition coefficient (Wildman–Crippen LogP) is 1.70. The van der Waals surface area contributed by atoms with Gasteiger partial charge in [0, 0.05) is 32.2 Å².